The molecule has 4 amide bonds. The van der Waals surface area contributed by atoms with Crippen LogP contribution in [0, 0.1) is 11.8 Å². The Kier molecular flexibility index (Phi) is 40.7. The van der Waals surface area contributed by atoms with Gasteiger partial charge in [-0.05, 0) is 134 Å². The molecule has 99 heavy (non-hydrogen) atoms. The maximum atomic E-state index is 14.8. The lowest BCUT2D eigenvalue weighted by molar-refractivity contribution is -0.168. The van der Waals surface area contributed by atoms with E-state index in [9.17, 15) is 38.4 Å². The molecule has 5 N–H and O–H groups in total. The van der Waals surface area contributed by atoms with E-state index >= 15 is 0 Å². The molecule has 0 bridgehead atoms. The van der Waals surface area contributed by atoms with Crippen molar-refractivity contribution in [2.24, 2.45) is 17.6 Å². The molecule has 0 spiro atoms. The number of fused-ring (bicyclic) bond motifs is 2. The van der Waals surface area contributed by atoms with E-state index in [0.717, 1.165) is 114 Å². The van der Waals surface area contributed by atoms with Crippen LogP contribution in [-0.4, -0.2) is 120 Å². The summed E-state index contributed by atoms with van der Waals surface area (Å²) in [5, 5.41) is 9.69. The number of carbonyl (C=O) groups is 8. The molecule has 550 valence electrons. The number of carbonyl (C=O) groups excluding carboxylic acids is 8. The number of rotatable bonds is 51. The Balaban J connectivity index is 1.27. The zero-order chi connectivity index (χ0) is 71.3. The molecule has 18 nitrogen and oxygen atoms in total. The van der Waals surface area contributed by atoms with Gasteiger partial charge in [0, 0.05) is 36.9 Å². The van der Waals surface area contributed by atoms with Gasteiger partial charge in [-0.3, -0.25) is 43.3 Å². The molecule has 18 heteroatoms. The number of pyridine rings is 1. The highest BCUT2D eigenvalue weighted by Gasteiger charge is 2.43. The monoisotopic (exact) mass is 1370 g/mol. The summed E-state index contributed by atoms with van der Waals surface area (Å²) in [5.74, 6) is -4.54. The first-order valence-corrected chi connectivity index (χ1v) is 38.3. The number of esters is 4. The second kappa shape index (κ2) is 48.8. The summed E-state index contributed by atoms with van der Waals surface area (Å²) in [6.07, 6.45) is 39.6. The smallest absolute Gasteiger partial charge is 0.306 e. The van der Waals surface area contributed by atoms with Gasteiger partial charge in [0.15, 0.2) is 6.10 Å². The standard InChI is InChI=1S/C81H124N6O12/c1-6-8-10-12-14-16-18-20-22-24-26-28-30-32-37-49-74(89)96-60-66(61-97-75(90)50-38-33-31-29-27-25-23-21-19-17-15-13-11-9-7-2)98-76(91)53-54-77(92)99-72(59-87-58-65-47-40-39-46-64(65)56-71(87)80(95)86-81(3,4)5)69(55-62-43-35-34-36-44-62)84-79(94)70(57-73(82)88)85-78(93)68-52-51-63-45-41-42-48-67(63)83-68/h20-23,34-36,41-45,48,51-52,64-66,69-72H,6-19,24-33,37-40,46-47,49-50,53-61H2,1-5H3,(H2,82,88)(H,84,94)(H,85,93)(H,86,95)/b22-20-,23-21-/t64-,65+,69-,70-,71-,72+/m0/s1. The van der Waals surface area contributed by atoms with Crippen LogP contribution < -0.4 is 21.7 Å². The van der Waals surface area contributed by atoms with Gasteiger partial charge < -0.3 is 40.6 Å². The van der Waals surface area contributed by atoms with Gasteiger partial charge in [-0.1, -0.05) is 215 Å². The van der Waals surface area contributed by atoms with Crippen molar-refractivity contribution < 1.29 is 57.3 Å². The first kappa shape index (κ1) is 82.7. The summed E-state index contributed by atoms with van der Waals surface area (Å²) >= 11 is 0. The van der Waals surface area contributed by atoms with Gasteiger partial charge in [-0.25, -0.2) is 4.98 Å². The van der Waals surface area contributed by atoms with Crippen LogP contribution in [0.3, 0.4) is 0 Å². The molecule has 1 aliphatic carbocycles. The van der Waals surface area contributed by atoms with Crippen LogP contribution in [0.15, 0.2) is 91.0 Å². The van der Waals surface area contributed by atoms with E-state index in [0.29, 0.717) is 37.2 Å². The number of ether oxygens (including phenoxy) is 4. The number of para-hydroxylation sites is 1. The summed E-state index contributed by atoms with van der Waals surface area (Å²) in [5.41, 5.74) is 6.50. The average Bonchev–Trinajstić information content (AvgIpc) is 0.803. The van der Waals surface area contributed by atoms with Crippen LogP contribution in [0.2, 0.25) is 0 Å². The van der Waals surface area contributed by atoms with Crippen LogP contribution in [0.25, 0.3) is 10.9 Å². The Morgan fingerprint density at radius 1 is 0.576 bits per heavy atom. The van der Waals surface area contributed by atoms with Gasteiger partial charge in [0.05, 0.1) is 36.9 Å². The van der Waals surface area contributed by atoms with Crippen molar-refractivity contribution >= 4 is 58.4 Å². The molecular formula is C81H124N6O12. The van der Waals surface area contributed by atoms with Gasteiger partial charge in [0.1, 0.15) is 31.1 Å². The predicted molar refractivity (Wildman–Crippen MR) is 392 cm³/mol. The number of nitrogens with one attached hydrogen (secondary N) is 3. The van der Waals surface area contributed by atoms with Gasteiger partial charge in [-0.2, -0.15) is 0 Å². The van der Waals surface area contributed by atoms with Crippen molar-refractivity contribution in [1.82, 2.24) is 25.8 Å². The van der Waals surface area contributed by atoms with Crippen LogP contribution >= 0.6 is 0 Å². The molecule has 0 radical (unpaired) electrons. The van der Waals surface area contributed by atoms with Crippen molar-refractivity contribution in [2.75, 3.05) is 26.3 Å². The molecule has 2 fully saturated rings. The minimum atomic E-state index is -1.48. The molecule has 1 aromatic heterocycles. The first-order chi connectivity index (χ1) is 47.9. The fourth-order valence-electron chi connectivity index (χ4n) is 13.4. The van der Waals surface area contributed by atoms with E-state index in [1.165, 1.54) is 83.1 Å². The molecule has 1 saturated carbocycles. The quantitative estimate of drug-likeness (QED) is 0.0178. The topological polar surface area (TPSA) is 252 Å². The number of allylic oxidation sites excluding steroid dienone is 4. The highest BCUT2D eigenvalue weighted by atomic mass is 16.6. The molecule has 2 heterocycles. The summed E-state index contributed by atoms with van der Waals surface area (Å²) in [6, 6.07) is 16.6. The summed E-state index contributed by atoms with van der Waals surface area (Å²) in [6.45, 7) is 10.0. The summed E-state index contributed by atoms with van der Waals surface area (Å²) in [7, 11) is 0. The number of hydrogen-bond acceptors (Lipinski definition) is 14. The Bertz CT molecular complexity index is 2850. The molecule has 5 rings (SSSR count). The molecule has 0 unspecified atom stereocenters. The molecular weight excluding hydrogens is 1250 g/mol. The fourth-order valence-corrected chi connectivity index (χ4v) is 13.4. The number of nitrogens with two attached hydrogens (primary N) is 1. The van der Waals surface area contributed by atoms with Crippen LogP contribution in [0.5, 0.6) is 0 Å². The Hall–Kier alpha value is -6.95. The summed E-state index contributed by atoms with van der Waals surface area (Å²) < 4.78 is 23.6. The minimum Gasteiger partial charge on any atom is -0.462 e. The van der Waals surface area contributed by atoms with Gasteiger partial charge >= 0.3 is 23.9 Å². The number of unbranched alkanes of at least 4 members (excludes halogenated alkanes) is 22. The molecule has 2 aliphatic rings. The van der Waals surface area contributed by atoms with Gasteiger partial charge in [0.25, 0.3) is 5.91 Å². The maximum absolute atomic E-state index is 14.8. The number of primary amides is 1. The van der Waals surface area contributed by atoms with E-state index in [4.69, 9.17) is 24.7 Å². The second-order valence-corrected chi connectivity index (χ2v) is 28.8. The van der Waals surface area contributed by atoms with Crippen molar-refractivity contribution in [3.63, 3.8) is 0 Å². The van der Waals surface area contributed by atoms with Crippen molar-refractivity contribution in [3.8, 4) is 0 Å². The third-order valence-corrected chi connectivity index (χ3v) is 18.9. The molecule has 2 aromatic carbocycles. The Morgan fingerprint density at radius 2 is 1.08 bits per heavy atom. The number of piperidine rings is 1. The van der Waals surface area contributed by atoms with Crippen LogP contribution in [0.1, 0.15) is 282 Å². The van der Waals surface area contributed by atoms with Crippen molar-refractivity contribution in [3.05, 3.63) is 102 Å². The number of nitrogens with zero attached hydrogens (tertiary/aromatic N) is 2. The fraction of sp³-hybridized carbons (Fsp3) is 0.667. The maximum Gasteiger partial charge on any atom is 0.306 e. The minimum absolute atomic E-state index is 0.00857. The third kappa shape index (κ3) is 35.8. The molecule has 6 atom stereocenters. The van der Waals surface area contributed by atoms with E-state index in [-0.39, 0.29) is 56.5 Å². The lowest BCUT2D eigenvalue weighted by atomic mass is 9.72. The largest absolute Gasteiger partial charge is 0.462 e. The van der Waals surface area contributed by atoms with Gasteiger partial charge in [0.2, 0.25) is 17.7 Å². The number of amides is 4. The first-order valence-electron chi connectivity index (χ1n) is 38.3. The highest BCUT2D eigenvalue weighted by Crippen LogP contribution is 2.39. The SMILES string of the molecule is CCCCCCCC/C=C\CCCCCCCC(=O)OCC(COC(=O)CCCCCCC/C=C\CCCCCCCC)OC(=O)CCC(=O)O[C@H](CN1C[C@H]2CCCC[C@H]2C[C@H]1C(=O)NC(C)(C)C)[C@H](Cc1ccccc1)NC(=O)[C@H](CC(N)=O)NC(=O)c1ccc2ccccc2n1. The number of benzene rings is 2. The number of likely N-dealkylation sites (tertiary alicyclic amines) is 1. The average molecular weight is 1370 g/mol. The molecule has 3 aromatic rings. The Labute approximate surface area is 593 Å². The van der Waals surface area contributed by atoms with E-state index < -0.39 is 96.7 Å². The Morgan fingerprint density at radius 3 is 1.63 bits per heavy atom. The van der Waals surface area contributed by atoms with Crippen molar-refractivity contribution in [2.45, 2.75) is 308 Å². The number of hydrogen-bond donors (Lipinski definition) is 4. The van der Waals surface area contributed by atoms with Crippen LogP contribution in [-0.2, 0) is 58.9 Å². The van der Waals surface area contributed by atoms with Gasteiger partial charge in [-0.15, -0.1) is 0 Å². The predicted octanol–water partition coefficient (Wildman–Crippen LogP) is 15.5. The van der Waals surface area contributed by atoms with Crippen LogP contribution in [0.4, 0.5) is 0 Å². The molecule has 1 aliphatic heterocycles. The second-order valence-electron chi connectivity index (χ2n) is 28.8. The third-order valence-electron chi connectivity index (χ3n) is 18.9. The highest BCUT2D eigenvalue weighted by molar-refractivity contribution is 5.99. The normalized spacial score (nSPS) is 16.6. The van der Waals surface area contributed by atoms with E-state index in [2.05, 4.69) is 59.1 Å². The number of aromatic nitrogens is 1. The summed E-state index contributed by atoms with van der Waals surface area (Å²) in [4.78, 5) is 117. The molecule has 1 saturated heterocycles. The van der Waals surface area contributed by atoms with E-state index in [1.807, 2.05) is 68.1 Å². The zero-order valence-corrected chi connectivity index (χ0v) is 61.1. The van der Waals surface area contributed by atoms with E-state index in [1.54, 1.807) is 18.2 Å². The lowest BCUT2D eigenvalue weighted by Gasteiger charge is -2.47. The zero-order valence-electron chi connectivity index (χ0n) is 61.1. The van der Waals surface area contributed by atoms with Crippen molar-refractivity contribution in [1.29, 1.82) is 0 Å². The lowest BCUT2D eigenvalue weighted by Crippen LogP contribution is -2.61.